The highest BCUT2D eigenvalue weighted by Crippen LogP contribution is 2.39. The maximum absolute atomic E-state index is 12.8. The monoisotopic (exact) mass is 387 g/mol. The molecular weight excluding hydrogens is 362 g/mol. The summed E-state index contributed by atoms with van der Waals surface area (Å²) >= 11 is 0. The van der Waals surface area contributed by atoms with Gasteiger partial charge in [-0.3, -0.25) is 4.90 Å². The molecule has 1 saturated heterocycles. The highest BCUT2D eigenvalue weighted by molar-refractivity contribution is 5.91. The second kappa shape index (κ2) is 8.82. The van der Waals surface area contributed by atoms with Crippen LogP contribution in [0.1, 0.15) is 30.0 Å². The summed E-state index contributed by atoms with van der Waals surface area (Å²) in [7, 11) is 1.65. The lowest BCUT2D eigenvalue weighted by Gasteiger charge is -2.25. The van der Waals surface area contributed by atoms with Crippen LogP contribution in [-0.4, -0.2) is 19.3 Å². The minimum Gasteiger partial charge on any atom is -0.497 e. The number of hydrogen-bond donors (Lipinski definition) is 0. The molecule has 148 valence electrons. The van der Waals surface area contributed by atoms with Crippen LogP contribution in [0.4, 0.5) is 10.5 Å². The van der Waals surface area contributed by atoms with Gasteiger partial charge in [-0.15, -0.1) is 0 Å². The first-order chi connectivity index (χ1) is 14.3. The first-order valence-corrected chi connectivity index (χ1v) is 9.99. The van der Waals surface area contributed by atoms with Crippen LogP contribution in [0.3, 0.4) is 0 Å². The van der Waals surface area contributed by atoms with Gasteiger partial charge in [0.2, 0.25) is 0 Å². The average molecular weight is 387 g/mol. The number of nitrogens with zero attached hydrogens (tertiary/aromatic N) is 1. The van der Waals surface area contributed by atoms with Crippen molar-refractivity contribution in [2.24, 2.45) is 0 Å². The van der Waals surface area contributed by atoms with Crippen molar-refractivity contribution in [3.8, 4) is 5.75 Å². The molecule has 0 bridgehead atoms. The molecule has 0 unspecified atom stereocenters. The molecule has 1 heterocycles. The molecule has 4 heteroatoms. The topological polar surface area (TPSA) is 38.8 Å². The molecule has 1 aliphatic rings. The Morgan fingerprint density at radius 3 is 2.21 bits per heavy atom. The summed E-state index contributed by atoms with van der Waals surface area (Å²) in [6, 6.07) is 27.9. The van der Waals surface area contributed by atoms with E-state index in [-0.39, 0.29) is 18.2 Å². The van der Waals surface area contributed by atoms with Crippen LogP contribution < -0.4 is 9.64 Å². The third kappa shape index (κ3) is 4.27. The van der Waals surface area contributed by atoms with E-state index in [1.165, 1.54) is 5.56 Å². The average Bonchev–Trinajstić information content (AvgIpc) is 3.11. The molecule has 1 aliphatic heterocycles. The van der Waals surface area contributed by atoms with Crippen molar-refractivity contribution < 1.29 is 14.3 Å². The minimum atomic E-state index is -0.290. The van der Waals surface area contributed by atoms with Gasteiger partial charge < -0.3 is 9.47 Å². The normalized spacial score (nSPS) is 18.5. The van der Waals surface area contributed by atoms with Crippen LogP contribution in [-0.2, 0) is 11.2 Å². The zero-order valence-electron chi connectivity index (χ0n) is 16.5. The van der Waals surface area contributed by atoms with Gasteiger partial charge in [0.05, 0.1) is 7.11 Å². The fourth-order valence-electron chi connectivity index (χ4n) is 3.92. The Balaban J connectivity index is 1.57. The summed E-state index contributed by atoms with van der Waals surface area (Å²) in [5, 5.41) is 0. The van der Waals surface area contributed by atoms with Crippen molar-refractivity contribution >= 4 is 11.8 Å². The maximum Gasteiger partial charge on any atom is 0.415 e. The quantitative estimate of drug-likeness (QED) is 0.515. The molecule has 3 aromatic carbocycles. The highest BCUT2D eigenvalue weighted by Gasteiger charge is 2.43. The molecule has 0 spiro atoms. The van der Waals surface area contributed by atoms with Gasteiger partial charge >= 0.3 is 6.09 Å². The van der Waals surface area contributed by atoms with Crippen LogP contribution in [0.5, 0.6) is 5.75 Å². The Hall–Kier alpha value is -3.27. The number of carbonyl (C=O) groups is 1. The molecule has 4 rings (SSSR count). The van der Waals surface area contributed by atoms with Gasteiger partial charge in [-0.2, -0.15) is 0 Å². The van der Waals surface area contributed by atoms with Gasteiger partial charge in [-0.25, -0.2) is 4.79 Å². The predicted octanol–water partition coefficient (Wildman–Crippen LogP) is 5.78. The zero-order chi connectivity index (χ0) is 20.1. The lowest BCUT2D eigenvalue weighted by molar-refractivity contribution is 0.125. The number of carbonyl (C=O) groups excluding carboxylic acids is 1. The van der Waals surface area contributed by atoms with Gasteiger partial charge in [0.25, 0.3) is 0 Å². The molecule has 3 aromatic rings. The lowest BCUT2D eigenvalue weighted by atomic mass is 9.95. The molecule has 0 radical (unpaired) electrons. The van der Waals surface area contributed by atoms with Crippen LogP contribution in [0.25, 0.3) is 0 Å². The molecule has 0 aliphatic carbocycles. The van der Waals surface area contributed by atoms with E-state index in [0.29, 0.717) is 0 Å². The molecule has 2 atom stereocenters. The van der Waals surface area contributed by atoms with E-state index in [9.17, 15) is 4.79 Å². The summed E-state index contributed by atoms with van der Waals surface area (Å²) < 4.78 is 11.1. The Labute approximate surface area is 171 Å². The van der Waals surface area contributed by atoms with Gasteiger partial charge in [0, 0.05) is 5.69 Å². The van der Waals surface area contributed by atoms with Crippen LogP contribution in [0, 0.1) is 0 Å². The van der Waals surface area contributed by atoms with Crippen LogP contribution >= 0.6 is 0 Å². The fourth-order valence-corrected chi connectivity index (χ4v) is 3.92. The van der Waals surface area contributed by atoms with E-state index >= 15 is 0 Å². The highest BCUT2D eigenvalue weighted by atomic mass is 16.6. The number of cyclic esters (lactones) is 1. The summed E-state index contributed by atoms with van der Waals surface area (Å²) in [4.78, 5) is 14.6. The number of rotatable bonds is 7. The summed E-state index contributed by atoms with van der Waals surface area (Å²) in [6.07, 6.45) is 2.24. The van der Waals surface area contributed by atoms with Gasteiger partial charge in [-0.1, -0.05) is 60.7 Å². The molecule has 1 fully saturated rings. The Morgan fingerprint density at radius 2 is 1.55 bits per heavy atom. The summed E-state index contributed by atoms with van der Waals surface area (Å²) in [5.41, 5.74) is 3.20. The summed E-state index contributed by atoms with van der Waals surface area (Å²) in [6.45, 7) is 0. The number of methoxy groups -OCH3 is 1. The van der Waals surface area contributed by atoms with E-state index in [2.05, 4.69) is 24.3 Å². The van der Waals surface area contributed by atoms with Crippen molar-refractivity contribution in [3.63, 3.8) is 0 Å². The maximum atomic E-state index is 12.8. The number of anilines is 1. The van der Waals surface area contributed by atoms with E-state index in [4.69, 9.17) is 9.47 Å². The van der Waals surface area contributed by atoms with Gasteiger partial charge in [0.1, 0.15) is 17.9 Å². The Morgan fingerprint density at radius 1 is 0.897 bits per heavy atom. The largest absolute Gasteiger partial charge is 0.497 e. The number of hydrogen-bond acceptors (Lipinski definition) is 3. The van der Waals surface area contributed by atoms with Crippen molar-refractivity contribution in [3.05, 3.63) is 96.1 Å². The molecule has 0 saturated carbocycles. The molecular formula is C25H25NO3. The molecule has 0 N–H and O–H groups in total. The zero-order valence-corrected chi connectivity index (χ0v) is 16.5. The second-order valence-electron chi connectivity index (χ2n) is 7.22. The minimum absolute atomic E-state index is 0.161. The van der Waals surface area contributed by atoms with E-state index in [1.807, 2.05) is 60.7 Å². The standard InChI is InChI=1S/C25H25NO3/c1-28-22-17-15-20(16-18-22)24-23(14-8-11-19-9-4-2-5-10-19)29-25(27)26(24)21-12-6-3-7-13-21/h2-7,9-10,12-13,15-18,23-24H,8,11,14H2,1H3/t23-,24-/m1/s1. The van der Waals surface area contributed by atoms with Crippen molar-refractivity contribution in [2.45, 2.75) is 31.4 Å². The smallest absolute Gasteiger partial charge is 0.415 e. The second-order valence-corrected chi connectivity index (χ2v) is 7.22. The van der Waals surface area contributed by atoms with Gasteiger partial charge in [-0.05, 0) is 54.7 Å². The number of ether oxygens (including phenoxy) is 2. The lowest BCUT2D eigenvalue weighted by Crippen LogP contribution is -2.29. The van der Waals surface area contributed by atoms with Gasteiger partial charge in [0.15, 0.2) is 0 Å². The number of amides is 1. The van der Waals surface area contributed by atoms with E-state index in [1.54, 1.807) is 12.0 Å². The number of aryl methyl sites for hydroxylation is 1. The fraction of sp³-hybridized carbons (Fsp3) is 0.240. The SMILES string of the molecule is COc1ccc([C@@H]2[C@@H](CCCc3ccccc3)OC(=O)N2c2ccccc2)cc1. The summed E-state index contributed by atoms with van der Waals surface area (Å²) in [5.74, 6) is 0.797. The van der Waals surface area contributed by atoms with Crippen molar-refractivity contribution in [2.75, 3.05) is 12.0 Å². The third-order valence-corrected chi connectivity index (χ3v) is 5.37. The van der Waals surface area contributed by atoms with E-state index in [0.717, 1.165) is 36.3 Å². The third-order valence-electron chi connectivity index (χ3n) is 5.37. The van der Waals surface area contributed by atoms with E-state index < -0.39 is 0 Å². The Bertz CT molecular complexity index is 925. The molecule has 0 aromatic heterocycles. The molecule has 4 nitrogen and oxygen atoms in total. The van der Waals surface area contributed by atoms with Crippen molar-refractivity contribution in [1.82, 2.24) is 0 Å². The Kier molecular flexibility index (Phi) is 5.80. The predicted molar refractivity (Wildman–Crippen MR) is 114 cm³/mol. The number of para-hydroxylation sites is 1. The van der Waals surface area contributed by atoms with Crippen LogP contribution in [0.2, 0.25) is 0 Å². The first kappa shape index (κ1) is 19.1. The number of benzene rings is 3. The molecule has 1 amide bonds. The van der Waals surface area contributed by atoms with Crippen molar-refractivity contribution in [1.29, 1.82) is 0 Å². The molecule has 29 heavy (non-hydrogen) atoms. The first-order valence-electron chi connectivity index (χ1n) is 9.99. The van der Waals surface area contributed by atoms with Crippen LogP contribution in [0.15, 0.2) is 84.9 Å².